The molecule has 0 aliphatic rings. The molecule has 31 heavy (non-hydrogen) atoms. The fourth-order valence-corrected chi connectivity index (χ4v) is 3.59. The maximum absolute atomic E-state index is 11.9. The Morgan fingerprint density at radius 1 is 1.13 bits per heavy atom. The van der Waals surface area contributed by atoms with Crippen LogP contribution in [0.3, 0.4) is 0 Å². The van der Waals surface area contributed by atoms with E-state index in [-0.39, 0.29) is 22.1 Å². The van der Waals surface area contributed by atoms with Crippen molar-refractivity contribution in [3.63, 3.8) is 0 Å². The molecule has 1 N–H and O–H groups in total. The number of nitrogens with zero attached hydrogens (tertiary/aromatic N) is 2. The number of halogens is 2. The maximum atomic E-state index is 11.9. The number of aromatic nitrogens is 2. The zero-order valence-electron chi connectivity index (χ0n) is 16.8. The molecule has 162 valence electrons. The standard InChI is InChI=1S/C21H18Cl2N2O5S/c1-11(2)29-16-6-4-13(22)8-12(16)9-18(20(26)27)31-21-25-24-19(30-21)15-10-14(23)5-7-17(15)28-3/h4-11H,1-3H3,(H,26,27)/b18-9+. The quantitative estimate of drug-likeness (QED) is 0.307. The number of carbonyl (C=O) groups is 1. The van der Waals surface area contributed by atoms with Crippen LogP contribution in [-0.2, 0) is 4.79 Å². The highest BCUT2D eigenvalue weighted by Crippen LogP contribution is 2.36. The third-order valence-electron chi connectivity index (χ3n) is 3.83. The van der Waals surface area contributed by atoms with E-state index in [9.17, 15) is 9.90 Å². The van der Waals surface area contributed by atoms with Crippen molar-refractivity contribution in [3.8, 4) is 23.0 Å². The van der Waals surface area contributed by atoms with Crippen LogP contribution in [0.15, 0.2) is 50.9 Å². The minimum absolute atomic E-state index is 0.0408. The van der Waals surface area contributed by atoms with Gasteiger partial charge in [0, 0.05) is 15.6 Å². The average Bonchev–Trinajstić information content (AvgIpc) is 3.17. The van der Waals surface area contributed by atoms with Crippen molar-refractivity contribution in [2.75, 3.05) is 7.11 Å². The van der Waals surface area contributed by atoms with Crippen LogP contribution in [0.2, 0.25) is 10.0 Å². The molecule has 3 aromatic rings. The summed E-state index contributed by atoms with van der Waals surface area (Å²) in [6, 6.07) is 9.95. The van der Waals surface area contributed by atoms with Gasteiger partial charge in [-0.25, -0.2) is 4.79 Å². The Kier molecular flexibility index (Phi) is 7.48. The van der Waals surface area contributed by atoms with Crippen LogP contribution in [-0.4, -0.2) is 34.5 Å². The number of thioether (sulfide) groups is 1. The fraction of sp³-hybridized carbons (Fsp3) is 0.190. The van der Waals surface area contributed by atoms with E-state index in [1.807, 2.05) is 13.8 Å². The summed E-state index contributed by atoms with van der Waals surface area (Å²) in [5.41, 5.74) is 1.01. The molecule has 0 saturated carbocycles. The second kappa shape index (κ2) is 10.1. The van der Waals surface area contributed by atoms with Gasteiger partial charge in [0.25, 0.3) is 11.1 Å². The Hall–Kier alpha value is -2.68. The lowest BCUT2D eigenvalue weighted by Crippen LogP contribution is -2.07. The number of methoxy groups -OCH3 is 1. The summed E-state index contributed by atoms with van der Waals surface area (Å²) in [5.74, 6) is -0.0135. The maximum Gasteiger partial charge on any atom is 0.342 e. The minimum Gasteiger partial charge on any atom is -0.496 e. The lowest BCUT2D eigenvalue weighted by Gasteiger charge is -2.13. The fourth-order valence-electron chi connectivity index (χ4n) is 2.57. The van der Waals surface area contributed by atoms with Crippen molar-refractivity contribution in [1.29, 1.82) is 0 Å². The van der Waals surface area contributed by atoms with Gasteiger partial charge < -0.3 is 19.0 Å². The van der Waals surface area contributed by atoms with Crippen LogP contribution >= 0.6 is 35.0 Å². The molecule has 1 heterocycles. The minimum atomic E-state index is -1.17. The number of rotatable bonds is 8. The molecule has 2 aromatic carbocycles. The van der Waals surface area contributed by atoms with Crippen LogP contribution < -0.4 is 9.47 Å². The Bertz CT molecular complexity index is 1130. The second-order valence-corrected chi connectivity index (χ2v) is 8.35. The van der Waals surface area contributed by atoms with E-state index in [0.717, 1.165) is 11.8 Å². The van der Waals surface area contributed by atoms with Crippen molar-refractivity contribution in [3.05, 3.63) is 56.9 Å². The molecule has 0 atom stereocenters. The number of ether oxygens (including phenoxy) is 2. The zero-order chi connectivity index (χ0) is 22.5. The van der Waals surface area contributed by atoms with E-state index in [0.29, 0.717) is 32.7 Å². The molecule has 0 amide bonds. The summed E-state index contributed by atoms with van der Waals surface area (Å²) in [4.78, 5) is 11.8. The summed E-state index contributed by atoms with van der Waals surface area (Å²) in [7, 11) is 1.51. The van der Waals surface area contributed by atoms with Crippen molar-refractivity contribution in [2.45, 2.75) is 25.2 Å². The van der Waals surface area contributed by atoms with E-state index in [4.69, 9.17) is 37.1 Å². The summed E-state index contributed by atoms with van der Waals surface area (Å²) in [5, 5.41) is 18.6. The molecular formula is C21H18Cl2N2O5S. The van der Waals surface area contributed by atoms with Gasteiger partial charge in [-0.15, -0.1) is 10.2 Å². The average molecular weight is 481 g/mol. The number of hydrogen-bond donors (Lipinski definition) is 1. The Morgan fingerprint density at radius 3 is 2.45 bits per heavy atom. The second-order valence-electron chi connectivity index (χ2n) is 6.48. The van der Waals surface area contributed by atoms with Crippen LogP contribution in [0, 0.1) is 0 Å². The summed E-state index contributed by atoms with van der Waals surface area (Å²) in [6.07, 6.45) is 1.35. The molecule has 0 spiro atoms. The first-order valence-corrected chi connectivity index (χ1v) is 10.6. The molecule has 0 radical (unpaired) electrons. The number of benzene rings is 2. The summed E-state index contributed by atoms with van der Waals surface area (Å²) < 4.78 is 16.7. The molecule has 0 aliphatic carbocycles. The van der Waals surface area contributed by atoms with Crippen molar-refractivity contribution in [1.82, 2.24) is 10.2 Å². The van der Waals surface area contributed by atoms with Crippen molar-refractivity contribution < 1.29 is 23.8 Å². The molecule has 0 unspecified atom stereocenters. The van der Waals surface area contributed by atoms with Gasteiger partial charge in [0.05, 0.1) is 18.8 Å². The summed E-state index contributed by atoms with van der Waals surface area (Å²) >= 11 is 12.9. The molecule has 1 aromatic heterocycles. The first-order valence-electron chi connectivity index (χ1n) is 9.03. The predicted octanol–water partition coefficient (Wildman–Crippen LogP) is 6.06. The predicted molar refractivity (Wildman–Crippen MR) is 120 cm³/mol. The number of hydrogen-bond acceptors (Lipinski definition) is 7. The molecule has 0 saturated heterocycles. The summed E-state index contributed by atoms with van der Waals surface area (Å²) in [6.45, 7) is 3.75. The normalized spacial score (nSPS) is 11.6. The van der Waals surface area contributed by atoms with Gasteiger partial charge in [-0.2, -0.15) is 0 Å². The van der Waals surface area contributed by atoms with Gasteiger partial charge in [-0.1, -0.05) is 23.2 Å². The van der Waals surface area contributed by atoms with E-state index < -0.39 is 5.97 Å². The number of aliphatic carboxylic acids is 1. The molecule has 0 bridgehead atoms. The lowest BCUT2D eigenvalue weighted by atomic mass is 10.2. The molecular weight excluding hydrogens is 463 g/mol. The third-order valence-corrected chi connectivity index (χ3v) is 5.15. The van der Waals surface area contributed by atoms with Crippen molar-refractivity contribution in [2.24, 2.45) is 0 Å². The molecule has 3 rings (SSSR count). The molecule has 10 heteroatoms. The topological polar surface area (TPSA) is 94.7 Å². The van der Waals surface area contributed by atoms with E-state index in [2.05, 4.69) is 10.2 Å². The van der Waals surface area contributed by atoms with Crippen LogP contribution in [0.4, 0.5) is 0 Å². The van der Waals surface area contributed by atoms with Crippen LogP contribution in [0.25, 0.3) is 17.5 Å². The van der Waals surface area contributed by atoms with Crippen molar-refractivity contribution >= 4 is 47.0 Å². The lowest BCUT2D eigenvalue weighted by molar-refractivity contribution is -0.131. The highest BCUT2D eigenvalue weighted by Gasteiger charge is 2.19. The molecule has 0 fully saturated rings. The van der Waals surface area contributed by atoms with Gasteiger partial charge in [0.2, 0.25) is 0 Å². The van der Waals surface area contributed by atoms with E-state index >= 15 is 0 Å². The van der Waals surface area contributed by atoms with Crippen LogP contribution in [0.5, 0.6) is 11.5 Å². The van der Waals surface area contributed by atoms with Gasteiger partial charge in [0.15, 0.2) is 0 Å². The van der Waals surface area contributed by atoms with Gasteiger partial charge >= 0.3 is 5.97 Å². The first-order chi connectivity index (χ1) is 14.8. The Morgan fingerprint density at radius 2 is 1.81 bits per heavy atom. The largest absolute Gasteiger partial charge is 0.496 e. The third kappa shape index (κ3) is 5.94. The monoisotopic (exact) mass is 480 g/mol. The molecule has 7 nitrogen and oxygen atoms in total. The van der Waals surface area contributed by atoms with Gasteiger partial charge in [0.1, 0.15) is 16.4 Å². The van der Waals surface area contributed by atoms with E-state index in [1.54, 1.807) is 36.4 Å². The number of carboxylic acids is 1. The number of carboxylic acid groups (broad SMARTS) is 1. The van der Waals surface area contributed by atoms with E-state index in [1.165, 1.54) is 13.2 Å². The zero-order valence-corrected chi connectivity index (χ0v) is 19.1. The smallest absolute Gasteiger partial charge is 0.342 e. The SMILES string of the molecule is COc1ccc(Cl)cc1-c1nnc(S/C(=C/c2cc(Cl)ccc2OC(C)C)C(=O)O)o1. The first kappa shape index (κ1) is 23.0. The highest BCUT2D eigenvalue weighted by atomic mass is 35.5. The Labute approximate surface area is 193 Å². The highest BCUT2D eigenvalue weighted by molar-refractivity contribution is 8.03. The molecule has 0 aliphatic heterocycles. The Balaban J connectivity index is 1.94. The van der Waals surface area contributed by atoms with Crippen LogP contribution in [0.1, 0.15) is 19.4 Å². The van der Waals surface area contributed by atoms with Gasteiger partial charge in [-0.3, -0.25) is 0 Å². The van der Waals surface area contributed by atoms with Gasteiger partial charge in [-0.05, 0) is 68.1 Å².